The zero-order valence-corrected chi connectivity index (χ0v) is 16.4. The molecule has 28 heavy (non-hydrogen) atoms. The molecule has 2 aromatic heterocycles. The third kappa shape index (κ3) is 3.81. The average molecular weight is 392 g/mol. The maximum Gasteiger partial charge on any atom is 0.247 e. The number of hydrogen-bond acceptors (Lipinski definition) is 5. The molecule has 0 aliphatic heterocycles. The van der Waals surface area contributed by atoms with Gasteiger partial charge < -0.3 is 10.1 Å². The Morgan fingerprint density at radius 2 is 1.86 bits per heavy atom. The molecule has 0 spiro atoms. The van der Waals surface area contributed by atoms with Gasteiger partial charge in [-0.3, -0.25) is 4.21 Å². The summed E-state index contributed by atoms with van der Waals surface area (Å²) in [5, 5.41) is 7.85. The highest BCUT2D eigenvalue weighted by Crippen LogP contribution is 2.24. The summed E-state index contributed by atoms with van der Waals surface area (Å²) in [4.78, 5) is 5.35. The van der Waals surface area contributed by atoms with E-state index in [1.807, 2.05) is 66.7 Å². The Balaban J connectivity index is 1.67. The molecule has 0 saturated carbocycles. The largest absolute Gasteiger partial charge is 0.380 e. The fraction of sp³-hybridized carbons (Fsp3) is 0.143. The molecule has 1 N–H and O–H groups in total. The maximum absolute atomic E-state index is 11.8. The molecule has 4 aromatic rings. The minimum Gasteiger partial charge on any atom is -0.380 e. The van der Waals surface area contributed by atoms with Gasteiger partial charge in [-0.05, 0) is 42.0 Å². The van der Waals surface area contributed by atoms with Gasteiger partial charge in [-0.2, -0.15) is 4.98 Å². The Kier molecular flexibility index (Phi) is 5.18. The minimum atomic E-state index is -1.04. The summed E-state index contributed by atoms with van der Waals surface area (Å²) in [6.45, 7) is 0.581. The molecule has 0 aliphatic rings. The smallest absolute Gasteiger partial charge is 0.247 e. The van der Waals surface area contributed by atoms with Gasteiger partial charge >= 0.3 is 0 Å². The van der Waals surface area contributed by atoms with Gasteiger partial charge in [0.2, 0.25) is 5.95 Å². The Labute approximate surface area is 165 Å². The summed E-state index contributed by atoms with van der Waals surface area (Å²) in [5.74, 6) is 0.516. The van der Waals surface area contributed by atoms with Crippen LogP contribution in [-0.4, -0.2) is 32.2 Å². The highest BCUT2D eigenvalue weighted by Gasteiger charge is 2.10. The van der Waals surface area contributed by atoms with Crippen LogP contribution in [0.1, 0.15) is 5.56 Å². The lowest BCUT2D eigenvalue weighted by Gasteiger charge is -2.06. The molecule has 2 heterocycles. The SMILES string of the molecule is COCc1ccc(Nc2nc3cccc(-c4cccc(S(C)=O)c4)n3n2)cc1. The number of aromatic nitrogens is 3. The number of nitrogens with zero attached hydrogens (tertiary/aromatic N) is 3. The molecule has 0 amide bonds. The third-order valence-electron chi connectivity index (χ3n) is 4.34. The van der Waals surface area contributed by atoms with Crippen LogP contribution < -0.4 is 5.32 Å². The molecule has 0 saturated heterocycles. The van der Waals surface area contributed by atoms with Gasteiger partial charge in [-0.15, -0.1) is 5.10 Å². The summed E-state index contributed by atoms with van der Waals surface area (Å²) in [7, 11) is 0.640. The van der Waals surface area contributed by atoms with Gasteiger partial charge in [-0.25, -0.2) is 4.52 Å². The predicted octanol–water partition coefficient (Wildman–Crippen LogP) is 4.02. The van der Waals surface area contributed by atoms with E-state index >= 15 is 0 Å². The van der Waals surface area contributed by atoms with E-state index < -0.39 is 10.8 Å². The van der Waals surface area contributed by atoms with E-state index in [4.69, 9.17) is 4.74 Å². The molecular formula is C21H20N4O2S. The van der Waals surface area contributed by atoms with Crippen LogP contribution in [0.4, 0.5) is 11.6 Å². The number of nitrogens with one attached hydrogen (secondary N) is 1. The van der Waals surface area contributed by atoms with Crippen molar-refractivity contribution in [1.82, 2.24) is 14.6 Å². The van der Waals surface area contributed by atoms with Crippen LogP contribution in [0, 0.1) is 0 Å². The van der Waals surface area contributed by atoms with Gasteiger partial charge in [0.1, 0.15) is 0 Å². The van der Waals surface area contributed by atoms with Crippen molar-refractivity contribution in [3.63, 3.8) is 0 Å². The van der Waals surface area contributed by atoms with Gasteiger partial charge in [0, 0.05) is 40.3 Å². The van der Waals surface area contributed by atoms with E-state index in [-0.39, 0.29) is 0 Å². The van der Waals surface area contributed by atoms with Gasteiger partial charge in [0.05, 0.1) is 12.3 Å². The van der Waals surface area contributed by atoms with Crippen LogP contribution in [0.2, 0.25) is 0 Å². The van der Waals surface area contributed by atoms with Crippen molar-refractivity contribution in [3.05, 3.63) is 72.3 Å². The van der Waals surface area contributed by atoms with Gasteiger partial charge in [-0.1, -0.05) is 30.3 Å². The van der Waals surface area contributed by atoms with Crippen molar-refractivity contribution in [3.8, 4) is 11.3 Å². The second-order valence-electron chi connectivity index (χ2n) is 6.35. The van der Waals surface area contributed by atoms with E-state index in [0.29, 0.717) is 12.6 Å². The van der Waals surface area contributed by atoms with E-state index in [1.54, 1.807) is 17.9 Å². The first-order valence-electron chi connectivity index (χ1n) is 8.78. The third-order valence-corrected chi connectivity index (χ3v) is 5.26. The van der Waals surface area contributed by atoms with E-state index in [2.05, 4.69) is 15.4 Å². The molecule has 7 heteroatoms. The van der Waals surface area contributed by atoms with Crippen LogP contribution >= 0.6 is 0 Å². The van der Waals surface area contributed by atoms with Crippen LogP contribution in [0.5, 0.6) is 0 Å². The lowest BCUT2D eigenvalue weighted by Crippen LogP contribution is -1.97. The fourth-order valence-electron chi connectivity index (χ4n) is 2.99. The topological polar surface area (TPSA) is 68.5 Å². The second-order valence-corrected chi connectivity index (χ2v) is 7.73. The van der Waals surface area contributed by atoms with Crippen LogP contribution in [0.3, 0.4) is 0 Å². The molecule has 6 nitrogen and oxygen atoms in total. The Bertz CT molecular complexity index is 1140. The molecule has 4 rings (SSSR count). The Morgan fingerprint density at radius 3 is 2.61 bits per heavy atom. The number of fused-ring (bicyclic) bond motifs is 1. The first-order chi connectivity index (χ1) is 13.6. The van der Waals surface area contributed by atoms with Crippen molar-refractivity contribution in [2.75, 3.05) is 18.7 Å². The molecule has 142 valence electrons. The molecule has 1 unspecified atom stereocenters. The monoisotopic (exact) mass is 392 g/mol. The fourth-order valence-corrected chi connectivity index (χ4v) is 3.55. The minimum absolute atomic E-state index is 0.516. The molecular weight excluding hydrogens is 372 g/mol. The standard InChI is InChI=1S/C21H20N4O2S/c1-27-14-15-9-11-17(12-10-15)22-21-23-20-8-4-7-19(25(20)24-21)16-5-3-6-18(13-16)28(2)26/h3-13H,14H2,1-2H3,(H,22,24). The van der Waals surface area contributed by atoms with Gasteiger partial charge in [0.15, 0.2) is 5.65 Å². The number of anilines is 2. The first-order valence-corrected chi connectivity index (χ1v) is 10.3. The number of hydrogen-bond donors (Lipinski definition) is 1. The summed E-state index contributed by atoms with van der Waals surface area (Å²) in [6, 6.07) is 21.5. The van der Waals surface area contributed by atoms with Crippen molar-refractivity contribution in [2.24, 2.45) is 0 Å². The lowest BCUT2D eigenvalue weighted by molar-refractivity contribution is 0.185. The van der Waals surface area contributed by atoms with Crippen LogP contribution in [-0.2, 0) is 22.1 Å². The number of ether oxygens (including phenoxy) is 1. The molecule has 0 bridgehead atoms. The molecule has 2 aromatic carbocycles. The van der Waals surface area contributed by atoms with Crippen molar-refractivity contribution in [1.29, 1.82) is 0 Å². The summed E-state index contributed by atoms with van der Waals surface area (Å²) in [6.07, 6.45) is 1.68. The lowest BCUT2D eigenvalue weighted by atomic mass is 10.1. The maximum atomic E-state index is 11.8. The first kappa shape index (κ1) is 18.3. The van der Waals surface area contributed by atoms with Crippen molar-refractivity contribution >= 4 is 28.1 Å². The highest BCUT2D eigenvalue weighted by atomic mass is 32.2. The Hall–Kier alpha value is -3.03. The van der Waals surface area contributed by atoms with Crippen molar-refractivity contribution < 1.29 is 8.95 Å². The average Bonchev–Trinajstić information content (AvgIpc) is 3.12. The summed E-state index contributed by atoms with van der Waals surface area (Å²) < 4.78 is 18.8. The molecule has 0 fully saturated rings. The quantitative estimate of drug-likeness (QED) is 0.537. The zero-order chi connectivity index (χ0) is 19.5. The van der Waals surface area contributed by atoms with E-state index in [0.717, 1.165) is 33.1 Å². The van der Waals surface area contributed by atoms with E-state index in [1.165, 1.54) is 0 Å². The summed E-state index contributed by atoms with van der Waals surface area (Å²) >= 11 is 0. The zero-order valence-electron chi connectivity index (χ0n) is 15.6. The Morgan fingerprint density at radius 1 is 1.07 bits per heavy atom. The van der Waals surface area contributed by atoms with Crippen LogP contribution in [0.25, 0.3) is 16.9 Å². The predicted molar refractivity (Wildman–Crippen MR) is 111 cm³/mol. The normalized spacial score (nSPS) is 12.2. The molecule has 0 aliphatic carbocycles. The summed E-state index contributed by atoms with van der Waals surface area (Å²) in [5.41, 5.74) is 4.57. The number of benzene rings is 2. The number of methoxy groups -OCH3 is 1. The second kappa shape index (κ2) is 7.92. The number of rotatable bonds is 6. The van der Waals surface area contributed by atoms with Crippen molar-refractivity contribution in [2.45, 2.75) is 11.5 Å². The molecule has 0 radical (unpaired) electrons. The van der Waals surface area contributed by atoms with Crippen LogP contribution in [0.15, 0.2) is 71.6 Å². The number of pyridine rings is 1. The van der Waals surface area contributed by atoms with E-state index in [9.17, 15) is 4.21 Å². The highest BCUT2D eigenvalue weighted by molar-refractivity contribution is 7.84. The van der Waals surface area contributed by atoms with Gasteiger partial charge in [0.25, 0.3) is 0 Å². The molecule has 1 atom stereocenters.